The van der Waals surface area contributed by atoms with Crippen molar-refractivity contribution in [1.82, 2.24) is 9.99 Å². The van der Waals surface area contributed by atoms with Crippen molar-refractivity contribution in [2.45, 2.75) is 44.1 Å². The molecule has 3 unspecified atom stereocenters. The Morgan fingerprint density at radius 3 is 2.96 bits per heavy atom. The van der Waals surface area contributed by atoms with Gasteiger partial charge < -0.3 is 4.74 Å². The van der Waals surface area contributed by atoms with Gasteiger partial charge in [0, 0.05) is 18.8 Å². The predicted molar refractivity (Wildman–Crippen MR) is 93.1 cm³/mol. The van der Waals surface area contributed by atoms with Gasteiger partial charge in [0.05, 0.1) is 23.2 Å². The average Bonchev–Trinajstić information content (AvgIpc) is 3.06. The maximum absolute atomic E-state index is 15.0. The quantitative estimate of drug-likeness (QED) is 0.690. The second-order valence-corrected chi connectivity index (χ2v) is 7.65. The Bertz CT molecular complexity index is 743. The summed E-state index contributed by atoms with van der Waals surface area (Å²) in [6.45, 7) is -0.304. The molecule has 0 amide bonds. The van der Waals surface area contributed by atoms with Gasteiger partial charge in [0.1, 0.15) is 6.54 Å². The van der Waals surface area contributed by atoms with E-state index in [2.05, 4.69) is 10.1 Å². The zero-order valence-corrected chi connectivity index (χ0v) is 15.0. The molecule has 140 valence electrons. The summed E-state index contributed by atoms with van der Waals surface area (Å²) in [5.41, 5.74) is -0.607. The first kappa shape index (κ1) is 17.6. The highest BCUT2D eigenvalue weighted by atomic mass is 35.5. The van der Waals surface area contributed by atoms with Crippen LogP contribution in [0.25, 0.3) is 0 Å². The van der Waals surface area contributed by atoms with Crippen molar-refractivity contribution in [2.24, 2.45) is 16.9 Å². The van der Waals surface area contributed by atoms with Gasteiger partial charge in [-0.1, -0.05) is 24.4 Å². The lowest BCUT2D eigenvalue weighted by molar-refractivity contribution is -0.0665. The van der Waals surface area contributed by atoms with Crippen LogP contribution in [0.15, 0.2) is 11.3 Å². The molecule has 0 bridgehead atoms. The van der Waals surface area contributed by atoms with Gasteiger partial charge in [0.15, 0.2) is 17.7 Å². The van der Waals surface area contributed by atoms with Crippen LogP contribution in [0.4, 0.5) is 8.78 Å². The number of nitrogens with zero attached hydrogens (tertiary/aromatic N) is 3. The zero-order valence-electron chi connectivity index (χ0n) is 14.2. The number of fused-ring (bicyclic) bond motifs is 4. The highest BCUT2D eigenvalue weighted by Gasteiger charge is 2.46. The number of halogens is 3. The van der Waals surface area contributed by atoms with Crippen LogP contribution in [0.2, 0.25) is 5.02 Å². The molecule has 0 spiro atoms. The van der Waals surface area contributed by atoms with Gasteiger partial charge in [-0.05, 0) is 24.7 Å². The first-order valence-electron chi connectivity index (χ1n) is 8.95. The fourth-order valence-corrected chi connectivity index (χ4v) is 4.62. The molecule has 5 nitrogen and oxygen atoms in total. The zero-order chi connectivity index (χ0) is 18.3. The number of hydrogen-bond donors (Lipinski definition) is 0. The molecule has 4 rings (SSSR count). The van der Waals surface area contributed by atoms with Crippen molar-refractivity contribution < 1.29 is 18.3 Å². The summed E-state index contributed by atoms with van der Waals surface area (Å²) in [5, 5.41) is 5.74. The summed E-state index contributed by atoms with van der Waals surface area (Å²) < 4.78 is 35.9. The number of hydrazone groups is 1. The lowest BCUT2D eigenvalue weighted by atomic mass is 9.74. The number of rotatable bonds is 1. The minimum absolute atomic E-state index is 0.0175. The Balaban J connectivity index is 1.80. The van der Waals surface area contributed by atoms with Gasteiger partial charge in [0.25, 0.3) is 0 Å². The lowest BCUT2D eigenvalue weighted by Crippen LogP contribution is -2.45. The van der Waals surface area contributed by atoms with Crippen molar-refractivity contribution >= 4 is 24.1 Å². The van der Waals surface area contributed by atoms with E-state index in [1.165, 1.54) is 5.01 Å². The average molecular weight is 384 g/mol. The first-order chi connectivity index (χ1) is 12.5. The predicted octanol–water partition coefficient (Wildman–Crippen LogP) is 3.90. The van der Waals surface area contributed by atoms with Crippen molar-refractivity contribution in [1.29, 1.82) is 0 Å². The summed E-state index contributed by atoms with van der Waals surface area (Å²) in [5.74, 6) is -3.02. The lowest BCUT2D eigenvalue weighted by Gasteiger charge is -2.41. The van der Waals surface area contributed by atoms with E-state index in [0.717, 1.165) is 31.9 Å². The Morgan fingerprint density at radius 1 is 1.35 bits per heavy atom. The van der Waals surface area contributed by atoms with Gasteiger partial charge in [-0.25, -0.2) is 4.98 Å². The summed E-state index contributed by atoms with van der Waals surface area (Å²) >= 11 is 6.00. The molecular formula is C18H20ClF2N3O2. The van der Waals surface area contributed by atoms with Crippen LogP contribution >= 0.6 is 11.6 Å². The minimum atomic E-state index is -3.31. The van der Waals surface area contributed by atoms with Crippen LogP contribution in [-0.2, 0) is 5.92 Å². The van der Waals surface area contributed by atoms with Crippen LogP contribution in [0.1, 0.15) is 48.2 Å². The number of aromatic nitrogens is 1. The van der Waals surface area contributed by atoms with Gasteiger partial charge in [0.2, 0.25) is 0 Å². The molecular weight excluding hydrogens is 364 g/mol. The van der Waals surface area contributed by atoms with Crippen LogP contribution in [0.5, 0.6) is 5.75 Å². The Kier molecular flexibility index (Phi) is 4.59. The van der Waals surface area contributed by atoms with E-state index in [-0.39, 0.29) is 40.8 Å². The molecule has 3 aliphatic rings. The number of pyridine rings is 1. The van der Waals surface area contributed by atoms with E-state index in [4.69, 9.17) is 16.3 Å². The fraction of sp³-hybridized carbons (Fsp3) is 0.611. The second-order valence-electron chi connectivity index (χ2n) is 7.24. The normalized spacial score (nSPS) is 30.0. The molecule has 26 heavy (non-hydrogen) atoms. The Hall–Kier alpha value is -1.76. The number of ether oxygens (including phenoxy) is 1. The van der Waals surface area contributed by atoms with Crippen molar-refractivity contribution in [2.75, 3.05) is 13.2 Å². The molecule has 0 saturated heterocycles. The maximum Gasteiger partial charge on any atom is 0.312 e. The number of carbonyl (C=O) groups excluding carboxylic acids is 1. The van der Waals surface area contributed by atoms with Crippen LogP contribution in [0, 0.1) is 11.8 Å². The highest BCUT2D eigenvalue weighted by molar-refractivity contribution is 6.33. The molecule has 0 radical (unpaired) electrons. The van der Waals surface area contributed by atoms with Gasteiger partial charge in [-0.3, -0.25) is 9.80 Å². The molecule has 0 N–H and O–H groups in total. The Morgan fingerprint density at radius 2 is 2.15 bits per heavy atom. The molecule has 1 aromatic rings. The third-order valence-corrected chi connectivity index (χ3v) is 6.01. The van der Waals surface area contributed by atoms with Crippen LogP contribution in [-0.4, -0.2) is 41.7 Å². The third kappa shape index (κ3) is 2.96. The Labute approximate surface area is 155 Å². The number of carbonyl (C=O) groups is 1. The molecule has 8 heteroatoms. The minimum Gasteiger partial charge on any atom is -0.490 e. The first-order valence-corrected chi connectivity index (χ1v) is 9.33. The van der Waals surface area contributed by atoms with E-state index in [1.54, 1.807) is 6.21 Å². The summed E-state index contributed by atoms with van der Waals surface area (Å²) in [7, 11) is 0. The van der Waals surface area contributed by atoms with Gasteiger partial charge in [-0.15, -0.1) is 0 Å². The molecule has 2 aliphatic heterocycles. The van der Waals surface area contributed by atoms with E-state index < -0.39 is 18.2 Å². The third-order valence-electron chi connectivity index (χ3n) is 5.71. The SMILES string of the molecule is O=Cc1c(Cl)cnc2c1OCC1CCCCC1C1CC=NN1CC2(F)F. The smallest absolute Gasteiger partial charge is 0.312 e. The standard InChI is InChI=1S/C18H20ClF2N3O2/c19-14-7-22-17-16(13(14)8-25)26-9-11-3-1-2-4-12(11)15-5-6-23-24(15)10-18(17,20)21/h6-8,11-12,15H,1-5,9-10H2. The van der Waals surface area contributed by atoms with Crippen molar-refractivity contribution in [3.05, 3.63) is 22.5 Å². The largest absolute Gasteiger partial charge is 0.490 e. The summed E-state index contributed by atoms with van der Waals surface area (Å²) in [4.78, 5) is 15.3. The van der Waals surface area contributed by atoms with Gasteiger partial charge >= 0.3 is 5.92 Å². The van der Waals surface area contributed by atoms with E-state index in [1.807, 2.05) is 0 Å². The van der Waals surface area contributed by atoms with E-state index in [0.29, 0.717) is 12.7 Å². The molecule has 1 saturated carbocycles. The molecule has 0 aromatic carbocycles. The van der Waals surface area contributed by atoms with Crippen molar-refractivity contribution in [3.63, 3.8) is 0 Å². The van der Waals surface area contributed by atoms with Crippen LogP contribution < -0.4 is 4.74 Å². The molecule has 3 heterocycles. The second kappa shape index (κ2) is 6.76. The number of aldehydes is 1. The fourth-order valence-electron chi connectivity index (χ4n) is 4.44. The molecule has 1 aromatic heterocycles. The summed E-state index contributed by atoms with van der Waals surface area (Å²) in [6.07, 6.45) is 8.08. The highest BCUT2D eigenvalue weighted by Crippen LogP contribution is 2.44. The number of alkyl halides is 2. The molecule has 1 fully saturated rings. The molecule has 3 atom stereocenters. The maximum atomic E-state index is 15.0. The monoisotopic (exact) mass is 383 g/mol. The number of hydrogen-bond acceptors (Lipinski definition) is 5. The molecule has 1 aliphatic carbocycles. The topological polar surface area (TPSA) is 54.8 Å². The van der Waals surface area contributed by atoms with E-state index in [9.17, 15) is 4.79 Å². The van der Waals surface area contributed by atoms with Crippen molar-refractivity contribution in [3.8, 4) is 5.75 Å². The summed E-state index contributed by atoms with van der Waals surface area (Å²) in [6, 6.07) is -0.0332. The van der Waals surface area contributed by atoms with E-state index >= 15 is 8.78 Å². The van der Waals surface area contributed by atoms with Crippen LogP contribution in [0.3, 0.4) is 0 Å². The van der Waals surface area contributed by atoms with Gasteiger partial charge in [-0.2, -0.15) is 13.9 Å².